The van der Waals surface area contributed by atoms with Crippen molar-refractivity contribution >= 4 is 33.5 Å². The van der Waals surface area contributed by atoms with Crippen molar-refractivity contribution in [3.05, 3.63) is 58.6 Å². The molecule has 2 nitrogen and oxygen atoms in total. The Morgan fingerprint density at radius 2 is 1.62 bits per heavy atom. The zero-order valence-electron chi connectivity index (χ0n) is 15.3. The highest BCUT2D eigenvalue weighted by molar-refractivity contribution is 9.10. The third-order valence-corrected chi connectivity index (χ3v) is 6.66. The molecule has 1 spiro atoms. The molecule has 0 radical (unpaired) electrons. The van der Waals surface area contributed by atoms with Gasteiger partial charge in [-0.25, -0.2) is 0 Å². The van der Waals surface area contributed by atoms with Crippen molar-refractivity contribution in [2.75, 3.05) is 18.0 Å². The number of piperidine rings is 1. The van der Waals surface area contributed by atoms with Gasteiger partial charge in [-0.3, -0.25) is 4.99 Å². The summed E-state index contributed by atoms with van der Waals surface area (Å²) in [6, 6.07) is 16.9. The van der Waals surface area contributed by atoms with Gasteiger partial charge in [-0.1, -0.05) is 53.4 Å². The van der Waals surface area contributed by atoms with Crippen LogP contribution in [0, 0.1) is 5.41 Å². The summed E-state index contributed by atoms with van der Waals surface area (Å²) in [4.78, 5) is 7.13. The molecule has 0 N–H and O–H groups in total. The van der Waals surface area contributed by atoms with Crippen LogP contribution in [-0.4, -0.2) is 19.3 Å². The lowest BCUT2D eigenvalue weighted by Crippen LogP contribution is -2.41. The minimum atomic E-state index is 0.672. The SMILES string of the molecule is Brc1cccc(N=Cc2ccc(N3CCC4(CCCCC4)CC3)cc2)c1. The summed E-state index contributed by atoms with van der Waals surface area (Å²) in [5.41, 5.74) is 4.15. The van der Waals surface area contributed by atoms with Crippen molar-refractivity contribution in [2.24, 2.45) is 10.4 Å². The molecular formula is C23H27BrN2. The summed E-state index contributed by atoms with van der Waals surface area (Å²) in [5.74, 6) is 0. The van der Waals surface area contributed by atoms with Gasteiger partial charge in [-0.2, -0.15) is 0 Å². The maximum absolute atomic E-state index is 4.57. The highest BCUT2D eigenvalue weighted by atomic mass is 79.9. The quantitative estimate of drug-likeness (QED) is 0.510. The predicted octanol–water partition coefficient (Wildman–Crippen LogP) is 6.75. The number of hydrogen-bond acceptors (Lipinski definition) is 2. The molecule has 4 rings (SSSR count). The van der Waals surface area contributed by atoms with Crippen LogP contribution in [-0.2, 0) is 0 Å². The smallest absolute Gasteiger partial charge is 0.0641 e. The first-order valence-corrected chi connectivity index (χ1v) is 10.7. The van der Waals surface area contributed by atoms with E-state index in [9.17, 15) is 0 Å². The minimum absolute atomic E-state index is 0.672. The molecule has 1 saturated heterocycles. The number of halogens is 1. The molecule has 2 aliphatic rings. The fraction of sp³-hybridized carbons (Fsp3) is 0.435. The molecule has 2 aromatic carbocycles. The minimum Gasteiger partial charge on any atom is -0.371 e. The average molecular weight is 411 g/mol. The number of rotatable bonds is 3. The Labute approximate surface area is 165 Å². The van der Waals surface area contributed by atoms with Gasteiger partial charge in [0.05, 0.1) is 5.69 Å². The third kappa shape index (κ3) is 4.20. The second-order valence-electron chi connectivity index (χ2n) is 7.88. The predicted molar refractivity (Wildman–Crippen MR) is 115 cm³/mol. The summed E-state index contributed by atoms with van der Waals surface area (Å²) in [6.07, 6.45) is 12.0. The number of benzene rings is 2. The van der Waals surface area contributed by atoms with Gasteiger partial charge in [0.2, 0.25) is 0 Å². The fourth-order valence-corrected chi connectivity index (χ4v) is 4.90. The molecule has 2 aromatic rings. The van der Waals surface area contributed by atoms with Crippen LogP contribution in [0.3, 0.4) is 0 Å². The molecule has 0 atom stereocenters. The van der Waals surface area contributed by atoms with Crippen LogP contribution in [0.4, 0.5) is 11.4 Å². The van der Waals surface area contributed by atoms with Crippen LogP contribution < -0.4 is 4.90 Å². The summed E-state index contributed by atoms with van der Waals surface area (Å²) in [7, 11) is 0. The summed E-state index contributed by atoms with van der Waals surface area (Å²) in [5, 5.41) is 0. The highest BCUT2D eigenvalue weighted by Gasteiger charge is 2.35. The Kier molecular flexibility index (Phi) is 5.44. The molecule has 1 saturated carbocycles. The van der Waals surface area contributed by atoms with Crippen LogP contribution in [0.25, 0.3) is 0 Å². The Hall–Kier alpha value is -1.61. The molecule has 1 heterocycles. The van der Waals surface area contributed by atoms with Crippen molar-refractivity contribution in [3.8, 4) is 0 Å². The summed E-state index contributed by atoms with van der Waals surface area (Å²) in [6.45, 7) is 2.43. The van der Waals surface area contributed by atoms with Crippen molar-refractivity contribution < 1.29 is 0 Å². The van der Waals surface area contributed by atoms with E-state index in [0.717, 1.165) is 15.7 Å². The van der Waals surface area contributed by atoms with Crippen molar-refractivity contribution in [2.45, 2.75) is 44.9 Å². The van der Waals surface area contributed by atoms with E-state index in [1.54, 1.807) is 0 Å². The van der Waals surface area contributed by atoms with Gasteiger partial charge >= 0.3 is 0 Å². The van der Waals surface area contributed by atoms with Gasteiger partial charge in [0.15, 0.2) is 0 Å². The van der Waals surface area contributed by atoms with E-state index in [0.29, 0.717) is 5.41 Å². The first kappa shape index (κ1) is 17.8. The van der Waals surface area contributed by atoms with Crippen LogP contribution in [0.15, 0.2) is 58.0 Å². The van der Waals surface area contributed by atoms with E-state index >= 15 is 0 Å². The van der Waals surface area contributed by atoms with Crippen LogP contribution in [0.2, 0.25) is 0 Å². The van der Waals surface area contributed by atoms with Gasteiger partial charge < -0.3 is 4.90 Å². The molecule has 1 aliphatic carbocycles. The number of nitrogens with zero attached hydrogens (tertiary/aromatic N) is 2. The zero-order valence-corrected chi connectivity index (χ0v) is 16.9. The van der Waals surface area contributed by atoms with Crippen molar-refractivity contribution in [1.29, 1.82) is 0 Å². The first-order valence-electron chi connectivity index (χ1n) is 9.87. The molecule has 2 fully saturated rings. The lowest BCUT2D eigenvalue weighted by atomic mass is 9.68. The summed E-state index contributed by atoms with van der Waals surface area (Å²) < 4.78 is 1.06. The van der Waals surface area contributed by atoms with Gasteiger partial charge in [-0.15, -0.1) is 0 Å². The second-order valence-corrected chi connectivity index (χ2v) is 8.79. The molecule has 0 bridgehead atoms. The normalized spacial score (nSPS) is 20.0. The van der Waals surface area contributed by atoms with E-state index < -0.39 is 0 Å². The maximum Gasteiger partial charge on any atom is 0.0641 e. The van der Waals surface area contributed by atoms with Crippen molar-refractivity contribution in [3.63, 3.8) is 0 Å². The van der Waals surface area contributed by atoms with E-state index in [2.05, 4.69) is 50.1 Å². The zero-order chi connectivity index (χ0) is 17.8. The van der Waals surface area contributed by atoms with Crippen LogP contribution in [0.5, 0.6) is 0 Å². The standard InChI is InChI=1S/C23H27BrN2/c24-20-5-4-6-21(17-20)25-18-19-7-9-22(10-8-19)26-15-13-23(14-16-26)11-2-1-3-12-23/h4-10,17-18H,1-3,11-16H2. The molecular weight excluding hydrogens is 384 g/mol. The molecule has 0 unspecified atom stereocenters. The van der Waals surface area contributed by atoms with Crippen molar-refractivity contribution in [1.82, 2.24) is 0 Å². The molecule has 3 heteroatoms. The molecule has 136 valence electrons. The Morgan fingerprint density at radius 3 is 2.31 bits per heavy atom. The van der Waals surface area contributed by atoms with Crippen LogP contribution >= 0.6 is 15.9 Å². The topological polar surface area (TPSA) is 15.6 Å². The van der Waals surface area contributed by atoms with Gasteiger partial charge in [0.1, 0.15) is 0 Å². The number of anilines is 1. The van der Waals surface area contributed by atoms with Gasteiger partial charge in [0, 0.05) is 29.5 Å². The van der Waals surface area contributed by atoms with E-state index in [-0.39, 0.29) is 0 Å². The number of aliphatic imine (C=N–C) groups is 1. The average Bonchev–Trinajstić information content (AvgIpc) is 2.68. The Balaban J connectivity index is 1.37. The fourth-order valence-electron chi connectivity index (χ4n) is 4.52. The van der Waals surface area contributed by atoms with E-state index in [1.165, 1.54) is 63.7 Å². The Bertz CT molecular complexity index is 750. The second kappa shape index (κ2) is 7.96. The highest BCUT2D eigenvalue weighted by Crippen LogP contribution is 2.45. The maximum atomic E-state index is 4.57. The lowest BCUT2D eigenvalue weighted by Gasteiger charge is -2.45. The molecule has 0 amide bonds. The van der Waals surface area contributed by atoms with E-state index in [1.807, 2.05) is 30.5 Å². The molecule has 26 heavy (non-hydrogen) atoms. The van der Waals surface area contributed by atoms with Gasteiger partial charge in [0.25, 0.3) is 0 Å². The Morgan fingerprint density at radius 1 is 0.885 bits per heavy atom. The van der Waals surface area contributed by atoms with Crippen LogP contribution in [0.1, 0.15) is 50.5 Å². The third-order valence-electron chi connectivity index (χ3n) is 6.17. The first-order chi connectivity index (χ1) is 12.7. The molecule has 0 aromatic heterocycles. The largest absolute Gasteiger partial charge is 0.371 e. The number of hydrogen-bond donors (Lipinski definition) is 0. The lowest BCUT2D eigenvalue weighted by molar-refractivity contribution is 0.144. The monoisotopic (exact) mass is 410 g/mol. The molecule has 1 aliphatic heterocycles. The van der Waals surface area contributed by atoms with Gasteiger partial charge in [-0.05, 0) is 67.0 Å². The van der Waals surface area contributed by atoms with E-state index in [4.69, 9.17) is 0 Å². The summed E-state index contributed by atoms with van der Waals surface area (Å²) >= 11 is 3.49.